The number of aryl methyl sites for hydroxylation is 1. The number of hydrogen-bond acceptors (Lipinski definition) is 4. The molecular weight excluding hydrogens is 300 g/mol. The fourth-order valence-electron chi connectivity index (χ4n) is 2.68. The van der Waals surface area contributed by atoms with Crippen LogP contribution in [0.4, 0.5) is 0 Å². The maximum atomic E-state index is 12.5. The minimum absolute atomic E-state index is 0.0762. The molecule has 0 radical (unpaired) electrons. The summed E-state index contributed by atoms with van der Waals surface area (Å²) in [6, 6.07) is 11.4. The molecule has 2 aromatic heterocycles. The second-order valence-electron chi connectivity index (χ2n) is 5.02. The van der Waals surface area contributed by atoms with Crippen molar-refractivity contribution in [3.05, 3.63) is 57.3 Å². The van der Waals surface area contributed by atoms with Gasteiger partial charge in [-0.05, 0) is 18.6 Å². The van der Waals surface area contributed by atoms with Crippen molar-refractivity contribution in [2.75, 3.05) is 0 Å². The Labute approximate surface area is 130 Å². The van der Waals surface area contributed by atoms with Crippen molar-refractivity contribution >= 4 is 49.2 Å². The fraction of sp³-hybridized carbons (Fsp3) is 0.118. The number of rotatable bonds is 2. The van der Waals surface area contributed by atoms with E-state index in [1.807, 2.05) is 18.2 Å². The van der Waals surface area contributed by atoms with E-state index in [0.29, 0.717) is 16.7 Å². The highest BCUT2D eigenvalue weighted by molar-refractivity contribution is 7.38. The summed E-state index contributed by atoms with van der Waals surface area (Å²) in [5.74, 6) is 0.0351. The summed E-state index contributed by atoms with van der Waals surface area (Å²) in [7, 11) is 0. The van der Waals surface area contributed by atoms with Crippen LogP contribution in [0.1, 0.15) is 32.6 Å². The molecule has 4 rings (SSSR count). The van der Waals surface area contributed by atoms with Gasteiger partial charge in [-0.3, -0.25) is 4.79 Å². The van der Waals surface area contributed by atoms with E-state index in [4.69, 9.17) is 0 Å². The molecule has 0 bridgehead atoms. The van der Waals surface area contributed by atoms with E-state index in [9.17, 15) is 9.90 Å². The summed E-state index contributed by atoms with van der Waals surface area (Å²) in [5.41, 5.74) is 1.68. The highest BCUT2D eigenvalue weighted by Gasteiger charge is 2.31. The highest BCUT2D eigenvalue weighted by Crippen LogP contribution is 2.43. The number of hydrogen-bond donors (Lipinski definition) is 1. The second kappa shape index (κ2) is 4.55. The third kappa shape index (κ3) is 1.79. The maximum Gasteiger partial charge on any atom is 0.198 e. The molecule has 1 aromatic carbocycles. The summed E-state index contributed by atoms with van der Waals surface area (Å²) in [4.78, 5) is 14.7. The Bertz CT molecular complexity index is 880. The van der Waals surface area contributed by atoms with Crippen LogP contribution in [0, 0.1) is 0 Å². The van der Waals surface area contributed by atoms with E-state index in [1.165, 1.54) is 14.3 Å². The quantitative estimate of drug-likeness (QED) is 0.710. The number of carbonyl (C=O) groups excluding carboxylic acids is 1. The van der Waals surface area contributed by atoms with Gasteiger partial charge in [0.15, 0.2) is 5.78 Å². The monoisotopic (exact) mass is 312 g/mol. The summed E-state index contributed by atoms with van der Waals surface area (Å²) >= 11 is 3.35. The minimum atomic E-state index is -0.0762. The smallest absolute Gasteiger partial charge is 0.198 e. The molecule has 104 valence electrons. The molecular formula is C17H12O2S2. The third-order valence-corrected chi connectivity index (χ3v) is 6.30. The average Bonchev–Trinajstić information content (AvgIpc) is 3.11. The lowest BCUT2D eigenvalue weighted by atomic mass is 10.1. The van der Waals surface area contributed by atoms with E-state index in [-0.39, 0.29) is 11.5 Å². The molecule has 1 N–H and O–H groups in total. The van der Waals surface area contributed by atoms with Gasteiger partial charge in [0.25, 0.3) is 0 Å². The number of Topliss-reactive ketones (excluding diaryl/α,β-unsaturated/α-hetero) is 1. The van der Waals surface area contributed by atoms with Crippen LogP contribution in [-0.4, -0.2) is 10.9 Å². The van der Waals surface area contributed by atoms with Crippen molar-refractivity contribution in [1.29, 1.82) is 0 Å². The number of fused-ring (bicyclic) bond motifs is 2. The molecule has 3 aromatic rings. The molecule has 4 heteroatoms. The zero-order valence-electron chi connectivity index (χ0n) is 11.3. The molecule has 0 amide bonds. The van der Waals surface area contributed by atoms with E-state index in [1.54, 1.807) is 34.8 Å². The van der Waals surface area contributed by atoms with Crippen LogP contribution in [0.2, 0.25) is 0 Å². The number of ketones is 1. The Hall–Kier alpha value is -1.91. The molecule has 0 fully saturated rings. The van der Waals surface area contributed by atoms with Crippen LogP contribution < -0.4 is 0 Å². The molecule has 1 aliphatic carbocycles. The van der Waals surface area contributed by atoms with Crippen LogP contribution in [-0.2, 0) is 6.42 Å². The molecule has 2 nitrogen and oxygen atoms in total. The Balaban J connectivity index is 1.87. The van der Waals surface area contributed by atoms with Gasteiger partial charge < -0.3 is 5.11 Å². The molecule has 1 aliphatic rings. The van der Waals surface area contributed by atoms with Gasteiger partial charge in [-0.1, -0.05) is 31.2 Å². The molecule has 0 saturated heterocycles. The van der Waals surface area contributed by atoms with Crippen LogP contribution in [0.25, 0.3) is 20.7 Å². The summed E-state index contributed by atoms with van der Waals surface area (Å²) in [5, 5.41) is 11.6. The number of aliphatic hydroxyl groups excluding tert-OH is 1. The van der Waals surface area contributed by atoms with Crippen LogP contribution in [0.3, 0.4) is 0 Å². The number of carbonyl (C=O) groups is 1. The predicted molar refractivity (Wildman–Crippen MR) is 89.3 cm³/mol. The normalized spacial score (nSPS) is 14.2. The second-order valence-corrected chi connectivity index (χ2v) is 7.47. The van der Waals surface area contributed by atoms with Crippen molar-refractivity contribution in [3.8, 4) is 0 Å². The molecule has 0 aliphatic heterocycles. The van der Waals surface area contributed by atoms with Crippen LogP contribution >= 0.6 is 22.7 Å². The van der Waals surface area contributed by atoms with Gasteiger partial charge >= 0.3 is 0 Å². The summed E-state index contributed by atoms with van der Waals surface area (Å²) in [6.07, 6.45) is 1.03. The number of allylic oxidation sites excluding steroid dienone is 1. The first-order valence-corrected chi connectivity index (χ1v) is 8.42. The molecule has 21 heavy (non-hydrogen) atoms. The highest BCUT2D eigenvalue weighted by atomic mass is 32.2. The lowest BCUT2D eigenvalue weighted by Crippen LogP contribution is -1.96. The summed E-state index contributed by atoms with van der Waals surface area (Å²) < 4.78 is 1.21. The fourth-order valence-corrected chi connectivity index (χ4v) is 5.16. The van der Waals surface area contributed by atoms with Crippen molar-refractivity contribution in [2.45, 2.75) is 13.3 Å². The average molecular weight is 312 g/mol. The van der Waals surface area contributed by atoms with E-state index >= 15 is 0 Å². The SMILES string of the molecule is CCc1cc2cc(C3=C(O)c4ccccc4C3=O)sc2s1. The van der Waals surface area contributed by atoms with Gasteiger partial charge in [0.1, 0.15) is 5.76 Å². The molecule has 0 atom stereocenters. The number of benzene rings is 1. The van der Waals surface area contributed by atoms with Crippen molar-refractivity contribution < 1.29 is 9.90 Å². The van der Waals surface area contributed by atoms with Crippen molar-refractivity contribution in [2.24, 2.45) is 0 Å². The van der Waals surface area contributed by atoms with Gasteiger partial charge in [-0.15, -0.1) is 22.7 Å². The molecule has 0 saturated carbocycles. The molecule has 0 unspecified atom stereocenters. The lowest BCUT2D eigenvalue weighted by molar-refractivity contribution is 0.105. The van der Waals surface area contributed by atoms with Gasteiger partial charge in [0.2, 0.25) is 0 Å². The van der Waals surface area contributed by atoms with E-state index in [2.05, 4.69) is 13.0 Å². The zero-order chi connectivity index (χ0) is 14.6. The van der Waals surface area contributed by atoms with Gasteiger partial charge in [0.05, 0.1) is 9.59 Å². The Kier molecular flexibility index (Phi) is 2.77. The first-order chi connectivity index (χ1) is 10.2. The number of thiophene rings is 2. The van der Waals surface area contributed by atoms with Crippen molar-refractivity contribution in [3.63, 3.8) is 0 Å². The third-order valence-electron chi connectivity index (χ3n) is 3.75. The molecule has 2 heterocycles. The van der Waals surface area contributed by atoms with E-state index in [0.717, 1.165) is 11.3 Å². The molecule has 0 spiro atoms. The first kappa shape index (κ1) is 12.8. The van der Waals surface area contributed by atoms with Crippen LogP contribution in [0.5, 0.6) is 0 Å². The first-order valence-electron chi connectivity index (χ1n) is 6.79. The van der Waals surface area contributed by atoms with Gasteiger partial charge in [-0.2, -0.15) is 0 Å². The Morgan fingerprint density at radius 3 is 2.52 bits per heavy atom. The Morgan fingerprint density at radius 1 is 1.10 bits per heavy atom. The minimum Gasteiger partial charge on any atom is -0.506 e. The summed E-state index contributed by atoms with van der Waals surface area (Å²) in [6.45, 7) is 2.14. The largest absolute Gasteiger partial charge is 0.506 e. The van der Waals surface area contributed by atoms with E-state index < -0.39 is 0 Å². The van der Waals surface area contributed by atoms with Crippen LogP contribution in [0.15, 0.2) is 36.4 Å². The number of aliphatic hydroxyl groups is 1. The zero-order valence-corrected chi connectivity index (χ0v) is 13.0. The maximum absolute atomic E-state index is 12.5. The standard InChI is InChI=1S/C17H12O2S2/c1-2-10-7-9-8-13(21-17(9)20-10)14-15(18)11-5-3-4-6-12(11)16(14)19/h3-8,18H,2H2,1H3. The predicted octanol–water partition coefficient (Wildman–Crippen LogP) is 5.15. The topological polar surface area (TPSA) is 37.3 Å². The lowest BCUT2D eigenvalue weighted by Gasteiger charge is -1.97. The van der Waals surface area contributed by atoms with Gasteiger partial charge in [-0.25, -0.2) is 0 Å². The van der Waals surface area contributed by atoms with Gasteiger partial charge in [0, 0.05) is 26.3 Å². The van der Waals surface area contributed by atoms with Crippen molar-refractivity contribution in [1.82, 2.24) is 0 Å². The Morgan fingerprint density at radius 2 is 1.86 bits per heavy atom.